The molecule has 0 atom stereocenters. The van der Waals surface area contributed by atoms with E-state index in [1.807, 2.05) is 47.5 Å². The minimum Gasteiger partial charge on any atom is -0.306 e. The van der Waals surface area contributed by atoms with E-state index in [2.05, 4.69) is 22.9 Å². The molecule has 4 nitrogen and oxygen atoms in total. The topological polar surface area (TPSA) is 44.4 Å². The molecule has 3 rings (SSSR count). The molecule has 0 saturated carbocycles. The van der Waals surface area contributed by atoms with E-state index in [4.69, 9.17) is 0 Å². The van der Waals surface area contributed by atoms with Gasteiger partial charge in [0.05, 0.1) is 5.69 Å². The van der Waals surface area contributed by atoms with Gasteiger partial charge in [0.15, 0.2) is 0 Å². The molecule has 0 unspecified atom stereocenters. The zero-order chi connectivity index (χ0) is 13.8. The summed E-state index contributed by atoms with van der Waals surface area (Å²) in [6.07, 6.45) is 5.15. The summed E-state index contributed by atoms with van der Waals surface area (Å²) in [5, 5.41) is 6.98. The molecule has 20 heavy (non-hydrogen) atoms. The van der Waals surface area contributed by atoms with E-state index in [-0.39, 0.29) is 6.03 Å². The zero-order valence-electron chi connectivity index (χ0n) is 11.2. The van der Waals surface area contributed by atoms with Crippen molar-refractivity contribution in [2.45, 2.75) is 6.42 Å². The van der Waals surface area contributed by atoms with Gasteiger partial charge < -0.3 is 5.32 Å². The van der Waals surface area contributed by atoms with Crippen LogP contribution in [0.5, 0.6) is 0 Å². The standard InChI is InChI=1S/C16H17N3O/c20-16(18-19-11-4-1-5-12-19)17-15-10-6-8-13-7-2-3-9-14(13)15/h1-4,6-10H,5,11-12H2,(H2,17,18,20). The third kappa shape index (κ3) is 2.81. The highest BCUT2D eigenvalue weighted by Crippen LogP contribution is 2.22. The van der Waals surface area contributed by atoms with Crippen LogP contribution >= 0.6 is 0 Å². The fourth-order valence-corrected chi connectivity index (χ4v) is 2.37. The molecule has 2 amide bonds. The van der Waals surface area contributed by atoms with Crippen LogP contribution < -0.4 is 10.7 Å². The summed E-state index contributed by atoms with van der Waals surface area (Å²) in [6, 6.07) is 13.7. The molecule has 1 heterocycles. The molecule has 1 aliphatic heterocycles. The summed E-state index contributed by atoms with van der Waals surface area (Å²) in [4.78, 5) is 12.0. The number of carbonyl (C=O) groups is 1. The van der Waals surface area contributed by atoms with Crippen LogP contribution in [0.4, 0.5) is 10.5 Å². The van der Waals surface area contributed by atoms with Crippen molar-refractivity contribution in [1.29, 1.82) is 0 Å². The molecule has 0 spiro atoms. The van der Waals surface area contributed by atoms with E-state index in [9.17, 15) is 4.79 Å². The normalized spacial score (nSPS) is 15.2. The number of fused-ring (bicyclic) bond motifs is 1. The first-order valence-electron chi connectivity index (χ1n) is 6.78. The van der Waals surface area contributed by atoms with E-state index < -0.39 is 0 Å². The Kier molecular flexibility index (Phi) is 3.65. The highest BCUT2D eigenvalue weighted by Gasteiger charge is 2.10. The highest BCUT2D eigenvalue weighted by atomic mass is 16.2. The van der Waals surface area contributed by atoms with Gasteiger partial charge in [-0.1, -0.05) is 48.6 Å². The fraction of sp³-hybridized carbons (Fsp3) is 0.188. The fourth-order valence-electron chi connectivity index (χ4n) is 2.37. The van der Waals surface area contributed by atoms with E-state index in [0.717, 1.165) is 36.0 Å². The molecule has 2 aromatic rings. The van der Waals surface area contributed by atoms with E-state index in [0.29, 0.717) is 0 Å². The van der Waals surface area contributed by atoms with Crippen LogP contribution in [0.3, 0.4) is 0 Å². The number of urea groups is 1. The number of anilines is 1. The van der Waals surface area contributed by atoms with Gasteiger partial charge in [0.2, 0.25) is 0 Å². The molecule has 0 bridgehead atoms. The lowest BCUT2D eigenvalue weighted by Gasteiger charge is -2.23. The van der Waals surface area contributed by atoms with Gasteiger partial charge in [-0.15, -0.1) is 0 Å². The second-order valence-electron chi connectivity index (χ2n) is 4.80. The Morgan fingerprint density at radius 3 is 2.75 bits per heavy atom. The van der Waals surface area contributed by atoms with Crippen molar-refractivity contribution in [3.63, 3.8) is 0 Å². The highest BCUT2D eigenvalue weighted by molar-refractivity contribution is 6.01. The van der Waals surface area contributed by atoms with Crippen molar-refractivity contribution < 1.29 is 4.79 Å². The number of nitrogens with zero attached hydrogens (tertiary/aromatic N) is 1. The van der Waals surface area contributed by atoms with Crippen LogP contribution in [0.25, 0.3) is 10.8 Å². The average Bonchev–Trinajstić information content (AvgIpc) is 2.48. The molecular formula is C16H17N3O. The second kappa shape index (κ2) is 5.75. The first kappa shape index (κ1) is 12.7. The maximum atomic E-state index is 12.0. The van der Waals surface area contributed by atoms with Gasteiger partial charge in [-0.2, -0.15) is 0 Å². The lowest BCUT2D eigenvalue weighted by molar-refractivity contribution is 0.196. The molecule has 0 aliphatic carbocycles. The van der Waals surface area contributed by atoms with Crippen molar-refractivity contribution in [3.8, 4) is 0 Å². The van der Waals surface area contributed by atoms with Crippen molar-refractivity contribution in [1.82, 2.24) is 10.4 Å². The third-order valence-corrected chi connectivity index (χ3v) is 3.36. The second-order valence-corrected chi connectivity index (χ2v) is 4.80. The molecule has 1 aliphatic rings. The number of rotatable bonds is 2. The maximum Gasteiger partial charge on any atom is 0.333 e. The Balaban J connectivity index is 1.72. The van der Waals surface area contributed by atoms with Crippen LogP contribution in [0.1, 0.15) is 6.42 Å². The Bertz CT molecular complexity index is 646. The number of benzene rings is 2. The van der Waals surface area contributed by atoms with Gasteiger partial charge in [-0.05, 0) is 17.9 Å². The molecular weight excluding hydrogens is 250 g/mol. The summed E-state index contributed by atoms with van der Waals surface area (Å²) in [5.41, 5.74) is 3.69. The summed E-state index contributed by atoms with van der Waals surface area (Å²) in [7, 11) is 0. The van der Waals surface area contributed by atoms with Gasteiger partial charge >= 0.3 is 6.03 Å². The molecule has 0 radical (unpaired) electrons. The van der Waals surface area contributed by atoms with Gasteiger partial charge in [0, 0.05) is 18.5 Å². The van der Waals surface area contributed by atoms with Crippen LogP contribution in [0.15, 0.2) is 54.6 Å². The zero-order valence-corrected chi connectivity index (χ0v) is 11.2. The first-order valence-corrected chi connectivity index (χ1v) is 6.78. The molecule has 0 saturated heterocycles. The Labute approximate surface area is 118 Å². The van der Waals surface area contributed by atoms with Gasteiger partial charge in [-0.3, -0.25) is 5.43 Å². The molecule has 0 fully saturated rings. The van der Waals surface area contributed by atoms with Crippen molar-refractivity contribution in [2.75, 3.05) is 18.4 Å². The first-order chi connectivity index (χ1) is 9.83. The van der Waals surface area contributed by atoms with Gasteiger partial charge in [0.25, 0.3) is 0 Å². The minimum atomic E-state index is -0.198. The Morgan fingerprint density at radius 1 is 1.05 bits per heavy atom. The Hall–Kier alpha value is -2.33. The van der Waals surface area contributed by atoms with Crippen molar-refractivity contribution in [2.24, 2.45) is 0 Å². The quantitative estimate of drug-likeness (QED) is 0.821. The number of amides is 2. The van der Waals surface area contributed by atoms with Crippen molar-refractivity contribution >= 4 is 22.5 Å². The minimum absolute atomic E-state index is 0.198. The van der Waals surface area contributed by atoms with E-state index in [1.54, 1.807) is 0 Å². The maximum absolute atomic E-state index is 12.0. The van der Waals surface area contributed by atoms with Gasteiger partial charge in [0.1, 0.15) is 0 Å². The average molecular weight is 267 g/mol. The molecule has 2 aromatic carbocycles. The van der Waals surface area contributed by atoms with E-state index in [1.165, 1.54) is 0 Å². The van der Waals surface area contributed by atoms with Crippen molar-refractivity contribution in [3.05, 3.63) is 54.6 Å². The summed E-state index contributed by atoms with van der Waals surface area (Å²) in [5.74, 6) is 0. The smallest absolute Gasteiger partial charge is 0.306 e. The van der Waals surface area contributed by atoms with Crippen LogP contribution in [0.2, 0.25) is 0 Å². The van der Waals surface area contributed by atoms with Crippen LogP contribution in [0, 0.1) is 0 Å². The lowest BCUT2D eigenvalue weighted by Crippen LogP contribution is -2.45. The predicted octanol–water partition coefficient (Wildman–Crippen LogP) is 3.14. The summed E-state index contributed by atoms with van der Waals surface area (Å²) in [6.45, 7) is 1.60. The monoisotopic (exact) mass is 267 g/mol. The number of carbonyl (C=O) groups excluding carboxylic acids is 1. The summed E-state index contributed by atoms with van der Waals surface area (Å²) < 4.78 is 0. The Morgan fingerprint density at radius 2 is 1.90 bits per heavy atom. The number of nitrogens with one attached hydrogen (secondary N) is 2. The molecule has 102 valence electrons. The third-order valence-electron chi connectivity index (χ3n) is 3.36. The van der Waals surface area contributed by atoms with E-state index >= 15 is 0 Å². The lowest BCUT2D eigenvalue weighted by atomic mass is 10.1. The number of hydrogen-bond acceptors (Lipinski definition) is 2. The largest absolute Gasteiger partial charge is 0.333 e. The van der Waals surface area contributed by atoms with Crippen LogP contribution in [-0.4, -0.2) is 24.1 Å². The number of hydrogen-bond donors (Lipinski definition) is 2. The molecule has 0 aromatic heterocycles. The molecule has 2 N–H and O–H groups in total. The van der Waals surface area contributed by atoms with Crippen LogP contribution in [-0.2, 0) is 0 Å². The van der Waals surface area contributed by atoms with Gasteiger partial charge in [-0.25, -0.2) is 9.80 Å². The summed E-state index contributed by atoms with van der Waals surface area (Å²) >= 11 is 0. The SMILES string of the molecule is O=C(Nc1cccc2ccccc12)NN1CC=CCC1. The predicted molar refractivity (Wildman–Crippen MR) is 81.4 cm³/mol. The molecule has 4 heteroatoms. The number of hydrazine groups is 1.